The molecule has 9 heteroatoms. The molecule has 2 aliphatic rings. The van der Waals surface area contributed by atoms with Gasteiger partial charge in [0.05, 0.1) is 11.1 Å². The average Bonchev–Trinajstić information content (AvgIpc) is 2.96. The third kappa shape index (κ3) is 5.05. The Morgan fingerprint density at radius 2 is 1.84 bits per heavy atom. The number of nitrogens with one attached hydrogen (secondary N) is 3. The molecule has 1 aromatic carbocycles. The second-order valence-electron chi connectivity index (χ2n) is 8.04. The zero-order valence-electron chi connectivity index (χ0n) is 17.8. The quantitative estimate of drug-likeness (QED) is 0.416. The van der Waals surface area contributed by atoms with Gasteiger partial charge in [-0.15, -0.1) is 0 Å². The third-order valence-electron chi connectivity index (χ3n) is 5.88. The van der Waals surface area contributed by atoms with Crippen LogP contribution >= 0.6 is 23.2 Å². The highest BCUT2D eigenvalue weighted by Gasteiger charge is 2.50. The second-order valence-corrected chi connectivity index (χ2v) is 8.92. The summed E-state index contributed by atoms with van der Waals surface area (Å²) in [6, 6.07) is 4.46. The Morgan fingerprint density at radius 3 is 2.45 bits per heavy atom. The van der Waals surface area contributed by atoms with Gasteiger partial charge in [-0.05, 0) is 31.5 Å². The summed E-state index contributed by atoms with van der Waals surface area (Å²) in [4.78, 5) is 40.1. The summed E-state index contributed by atoms with van der Waals surface area (Å²) in [7, 11) is 0. The van der Waals surface area contributed by atoms with Gasteiger partial charge in [0.1, 0.15) is 0 Å². The maximum atomic E-state index is 13.4. The highest BCUT2D eigenvalue weighted by Crippen LogP contribution is 2.37. The van der Waals surface area contributed by atoms with E-state index in [2.05, 4.69) is 22.9 Å². The number of hydrogen-bond donors (Lipinski definition) is 3. The summed E-state index contributed by atoms with van der Waals surface area (Å²) in [5, 5.41) is 9.40. The fraction of sp³-hybridized carbons (Fsp3) is 0.500. The maximum absolute atomic E-state index is 13.4. The molecule has 0 bridgehead atoms. The molecule has 2 heterocycles. The second kappa shape index (κ2) is 10.0. The van der Waals surface area contributed by atoms with Crippen molar-refractivity contribution in [1.29, 1.82) is 0 Å². The van der Waals surface area contributed by atoms with Gasteiger partial charge in [-0.2, -0.15) is 0 Å². The van der Waals surface area contributed by atoms with Crippen molar-refractivity contribution < 1.29 is 14.4 Å². The Labute approximate surface area is 192 Å². The molecule has 31 heavy (non-hydrogen) atoms. The lowest BCUT2D eigenvalue weighted by atomic mass is 9.79. The number of unbranched alkanes of at least 4 members (excludes halogenated alkanes) is 3. The molecular weight excluding hydrogens is 439 g/mol. The first kappa shape index (κ1) is 23.6. The van der Waals surface area contributed by atoms with E-state index in [1.807, 2.05) is 0 Å². The summed E-state index contributed by atoms with van der Waals surface area (Å²) in [6.07, 6.45) is 4.54. The number of carbonyl (C=O) groups is 3. The SMILES string of the molecule is CCCCCCC1(C2=C(C)C(=O)NC2=O)CNCCN1C(=O)Nc1cc(Cl)cc(Cl)c1. The molecule has 0 radical (unpaired) electrons. The van der Waals surface area contributed by atoms with Gasteiger partial charge in [0, 0.05) is 40.9 Å². The Balaban J connectivity index is 1.97. The predicted octanol–water partition coefficient (Wildman–Crippen LogP) is 4.11. The standard InChI is InChI=1S/C22H28Cl2N4O3/c1-3-4-5-6-7-22(18-14(2)19(29)27-20(18)30)13-25-8-9-28(22)21(31)26-17-11-15(23)10-16(24)12-17/h10-12,25H,3-9,13H2,1-2H3,(H,26,31)(H,27,29,30). The minimum Gasteiger partial charge on any atom is -0.312 e. The van der Waals surface area contributed by atoms with E-state index < -0.39 is 17.4 Å². The van der Waals surface area contributed by atoms with Gasteiger partial charge in [-0.3, -0.25) is 14.9 Å². The molecule has 3 N–H and O–H groups in total. The largest absolute Gasteiger partial charge is 0.322 e. The fourth-order valence-corrected chi connectivity index (χ4v) is 4.95. The minimum absolute atomic E-state index is 0.359. The van der Waals surface area contributed by atoms with Gasteiger partial charge >= 0.3 is 6.03 Å². The number of imide groups is 1. The number of carbonyl (C=O) groups excluding carboxylic acids is 3. The normalized spacial score (nSPS) is 21.5. The van der Waals surface area contributed by atoms with Crippen LogP contribution in [0.5, 0.6) is 0 Å². The zero-order valence-corrected chi connectivity index (χ0v) is 19.3. The van der Waals surface area contributed by atoms with E-state index in [0.717, 1.165) is 25.7 Å². The minimum atomic E-state index is -0.918. The van der Waals surface area contributed by atoms with Gasteiger partial charge in [0.25, 0.3) is 11.8 Å². The summed E-state index contributed by atoms with van der Waals surface area (Å²) in [5.74, 6) is -0.828. The van der Waals surface area contributed by atoms with E-state index in [9.17, 15) is 14.4 Å². The van der Waals surface area contributed by atoms with Crippen molar-refractivity contribution in [2.75, 3.05) is 25.0 Å². The lowest BCUT2D eigenvalue weighted by Gasteiger charge is -2.48. The highest BCUT2D eigenvalue weighted by molar-refractivity contribution is 6.35. The van der Waals surface area contributed by atoms with Gasteiger partial charge in [0.2, 0.25) is 0 Å². The molecule has 1 atom stereocenters. The Morgan fingerprint density at radius 1 is 1.13 bits per heavy atom. The maximum Gasteiger partial charge on any atom is 0.322 e. The van der Waals surface area contributed by atoms with Crippen molar-refractivity contribution in [1.82, 2.24) is 15.5 Å². The van der Waals surface area contributed by atoms with E-state index in [1.54, 1.807) is 30.0 Å². The monoisotopic (exact) mass is 466 g/mol. The number of amides is 4. The molecular formula is C22H28Cl2N4O3. The van der Waals surface area contributed by atoms with Crippen molar-refractivity contribution in [3.05, 3.63) is 39.4 Å². The Kier molecular flexibility index (Phi) is 7.62. The molecule has 4 amide bonds. The average molecular weight is 467 g/mol. The van der Waals surface area contributed by atoms with E-state index >= 15 is 0 Å². The van der Waals surface area contributed by atoms with Crippen LogP contribution in [0.1, 0.15) is 46.0 Å². The number of halogens is 2. The molecule has 1 aromatic rings. The van der Waals surface area contributed by atoms with Crippen LogP contribution in [0.25, 0.3) is 0 Å². The highest BCUT2D eigenvalue weighted by atomic mass is 35.5. The lowest BCUT2D eigenvalue weighted by molar-refractivity contribution is -0.124. The van der Waals surface area contributed by atoms with Crippen LogP contribution in [-0.4, -0.2) is 47.9 Å². The molecule has 0 spiro atoms. The summed E-state index contributed by atoms with van der Waals surface area (Å²) < 4.78 is 0. The molecule has 1 unspecified atom stereocenters. The molecule has 0 aliphatic carbocycles. The van der Waals surface area contributed by atoms with Crippen molar-refractivity contribution in [2.24, 2.45) is 0 Å². The lowest BCUT2D eigenvalue weighted by Crippen LogP contribution is -2.65. The van der Waals surface area contributed by atoms with Gasteiger partial charge in [-0.25, -0.2) is 4.79 Å². The van der Waals surface area contributed by atoms with Crippen LogP contribution in [0.3, 0.4) is 0 Å². The number of benzene rings is 1. The molecule has 1 saturated heterocycles. The number of urea groups is 1. The predicted molar refractivity (Wildman–Crippen MR) is 122 cm³/mol. The summed E-state index contributed by atoms with van der Waals surface area (Å²) in [5.41, 5.74) is 0.297. The van der Waals surface area contributed by atoms with Gasteiger partial charge < -0.3 is 15.5 Å². The number of anilines is 1. The first-order valence-corrected chi connectivity index (χ1v) is 11.4. The van der Waals surface area contributed by atoms with Crippen molar-refractivity contribution in [3.63, 3.8) is 0 Å². The molecule has 168 valence electrons. The molecule has 0 saturated carbocycles. The third-order valence-corrected chi connectivity index (χ3v) is 6.32. The summed E-state index contributed by atoms with van der Waals surface area (Å²) in [6.45, 7) is 5.15. The van der Waals surface area contributed by atoms with Crippen LogP contribution in [0.4, 0.5) is 10.5 Å². The van der Waals surface area contributed by atoms with Gasteiger partial charge in [0.15, 0.2) is 0 Å². The zero-order chi connectivity index (χ0) is 22.6. The topological polar surface area (TPSA) is 90.5 Å². The Hall–Kier alpha value is -2.09. The van der Waals surface area contributed by atoms with Crippen LogP contribution in [0, 0.1) is 0 Å². The first-order valence-electron chi connectivity index (χ1n) is 10.6. The fourth-order valence-electron chi connectivity index (χ4n) is 4.43. The molecule has 7 nitrogen and oxygen atoms in total. The number of nitrogens with zero attached hydrogens (tertiary/aromatic N) is 1. The van der Waals surface area contributed by atoms with E-state index in [1.165, 1.54) is 0 Å². The van der Waals surface area contributed by atoms with Crippen molar-refractivity contribution in [2.45, 2.75) is 51.5 Å². The summed E-state index contributed by atoms with van der Waals surface area (Å²) >= 11 is 12.1. The van der Waals surface area contributed by atoms with Crippen LogP contribution in [-0.2, 0) is 9.59 Å². The van der Waals surface area contributed by atoms with E-state index in [4.69, 9.17) is 23.2 Å². The molecule has 1 fully saturated rings. The van der Waals surface area contributed by atoms with Crippen molar-refractivity contribution in [3.8, 4) is 0 Å². The van der Waals surface area contributed by atoms with Crippen LogP contribution < -0.4 is 16.0 Å². The van der Waals surface area contributed by atoms with Crippen LogP contribution in [0.15, 0.2) is 29.3 Å². The van der Waals surface area contributed by atoms with E-state index in [-0.39, 0.29) is 6.03 Å². The van der Waals surface area contributed by atoms with Gasteiger partial charge in [-0.1, -0.05) is 55.8 Å². The van der Waals surface area contributed by atoms with Crippen LogP contribution in [0.2, 0.25) is 10.0 Å². The van der Waals surface area contributed by atoms with E-state index in [0.29, 0.717) is 52.9 Å². The van der Waals surface area contributed by atoms with Crippen molar-refractivity contribution >= 4 is 46.7 Å². The first-order chi connectivity index (χ1) is 14.8. The number of rotatable bonds is 7. The Bertz CT molecular complexity index is 898. The smallest absolute Gasteiger partial charge is 0.312 e. The number of hydrogen-bond acceptors (Lipinski definition) is 4. The number of piperazine rings is 1. The molecule has 3 rings (SSSR count). The molecule has 0 aromatic heterocycles. The molecule has 2 aliphatic heterocycles.